The van der Waals surface area contributed by atoms with E-state index in [0.717, 1.165) is 0 Å². The first-order valence-corrected chi connectivity index (χ1v) is 7.36. The van der Waals surface area contributed by atoms with Crippen LogP contribution in [-0.4, -0.2) is 32.6 Å². The molecule has 0 saturated carbocycles. The van der Waals surface area contributed by atoms with Gasteiger partial charge in [-0.25, -0.2) is 4.98 Å². The fourth-order valence-electron chi connectivity index (χ4n) is 2.15. The van der Waals surface area contributed by atoms with Gasteiger partial charge in [0.1, 0.15) is 0 Å². The van der Waals surface area contributed by atoms with Crippen LogP contribution in [0.1, 0.15) is 20.3 Å². The molecular weight excluding hydrogens is 298 g/mol. The monoisotopic (exact) mass is 317 g/mol. The van der Waals surface area contributed by atoms with Crippen molar-refractivity contribution < 1.29 is 14.7 Å². The molecule has 0 saturated heterocycles. The van der Waals surface area contributed by atoms with Gasteiger partial charge in [-0.3, -0.25) is 19.0 Å². The summed E-state index contributed by atoms with van der Waals surface area (Å²) >= 11 is 0. The Kier molecular flexibility index (Phi) is 5.10. The summed E-state index contributed by atoms with van der Waals surface area (Å²) in [6, 6.07) is 6.53. The van der Waals surface area contributed by atoms with E-state index in [-0.39, 0.29) is 24.4 Å². The predicted molar refractivity (Wildman–Crippen MR) is 85.0 cm³/mol. The number of aliphatic carboxylic acids is 1. The lowest BCUT2D eigenvalue weighted by molar-refractivity contribution is -0.142. The third-order valence-corrected chi connectivity index (χ3v) is 3.84. The highest BCUT2D eigenvalue weighted by Crippen LogP contribution is 2.05. The molecule has 7 nitrogen and oxygen atoms in total. The lowest BCUT2D eigenvalue weighted by Crippen LogP contribution is -2.40. The molecule has 1 amide bonds. The van der Waals surface area contributed by atoms with Crippen LogP contribution >= 0.6 is 0 Å². The minimum atomic E-state index is -0.965. The second-order valence-electron chi connectivity index (χ2n) is 5.49. The van der Waals surface area contributed by atoms with E-state index >= 15 is 0 Å². The Morgan fingerprint density at radius 1 is 1.30 bits per heavy atom. The second kappa shape index (κ2) is 7.04. The maximum absolute atomic E-state index is 12.3. The summed E-state index contributed by atoms with van der Waals surface area (Å²) in [5.74, 6) is -1.94. The van der Waals surface area contributed by atoms with Gasteiger partial charge < -0.3 is 10.4 Å². The zero-order valence-electron chi connectivity index (χ0n) is 13.0. The van der Waals surface area contributed by atoms with E-state index in [1.54, 1.807) is 31.2 Å². The molecule has 2 N–H and O–H groups in total. The van der Waals surface area contributed by atoms with Crippen molar-refractivity contribution >= 4 is 22.8 Å². The smallest absolute Gasteiger partial charge is 0.308 e. The molecule has 2 rings (SSSR count). The Hall–Kier alpha value is -2.70. The molecular formula is C16H19N3O4. The number of hydrogen-bond acceptors (Lipinski definition) is 4. The maximum atomic E-state index is 12.3. The summed E-state index contributed by atoms with van der Waals surface area (Å²) in [4.78, 5) is 39.2. The van der Waals surface area contributed by atoms with E-state index in [1.807, 2.05) is 0 Å². The van der Waals surface area contributed by atoms with E-state index in [0.29, 0.717) is 10.9 Å². The van der Waals surface area contributed by atoms with Gasteiger partial charge in [0, 0.05) is 19.0 Å². The molecule has 0 radical (unpaired) electrons. The highest BCUT2D eigenvalue weighted by molar-refractivity contribution is 5.78. The zero-order chi connectivity index (χ0) is 17.0. The topological polar surface area (TPSA) is 101 Å². The Labute approximate surface area is 133 Å². The zero-order valence-corrected chi connectivity index (χ0v) is 13.0. The van der Waals surface area contributed by atoms with Crippen LogP contribution < -0.4 is 10.9 Å². The van der Waals surface area contributed by atoms with Crippen LogP contribution in [0.15, 0.2) is 35.4 Å². The average Bonchev–Trinajstić information content (AvgIpc) is 2.53. The molecule has 122 valence electrons. The number of carboxylic acids is 1. The number of hydrogen-bond donors (Lipinski definition) is 2. The lowest BCUT2D eigenvalue weighted by atomic mass is 10.0. The van der Waals surface area contributed by atoms with Crippen LogP contribution in [-0.2, 0) is 16.1 Å². The Morgan fingerprint density at radius 3 is 2.70 bits per heavy atom. The van der Waals surface area contributed by atoms with Crippen molar-refractivity contribution in [3.05, 3.63) is 40.9 Å². The fourth-order valence-corrected chi connectivity index (χ4v) is 2.15. The molecule has 0 aliphatic heterocycles. The van der Waals surface area contributed by atoms with Crippen molar-refractivity contribution in [2.75, 3.05) is 0 Å². The number of para-hydroxylation sites is 1. The van der Waals surface area contributed by atoms with Crippen molar-refractivity contribution in [2.45, 2.75) is 32.9 Å². The molecule has 0 aliphatic rings. The quantitative estimate of drug-likeness (QED) is 0.828. The number of nitrogens with zero attached hydrogens (tertiary/aromatic N) is 2. The van der Waals surface area contributed by atoms with Crippen molar-refractivity contribution in [2.24, 2.45) is 5.92 Å². The van der Waals surface area contributed by atoms with Gasteiger partial charge in [0.25, 0.3) is 5.56 Å². The highest BCUT2D eigenvalue weighted by atomic mass is 16.4. The van der Waals surface area contributed by atoms with Gasteiger partial charge in [-0.2, -0.15) is 0 Å². The van der Waals surface area contributed by atoms with Crippen LogP contribution in [0.25, 0.3) is 10.9 Å². The number of aryl methyl sites for hydroxylation is 1. The summed E-state index contributed by atoms with van der Waals surface area (Å²) in [5.41, 5.74) is 0.414. The summed E-state index contributed by atoms with van der Waals surface area (Å²) in [6.45, 7) is 3.36. The van der Waals surface area contributed by atoms with Gasteiger partial charge >= 0.3 is 5.97 Å². The molecule has 1 heterocycles. The largest absolute Gasteiger partial charge is 0.481 e. The Morgan fingerprint density at radius 2 is 2.00 bits per heavy atom. The molecule has 7 heteroatoms. The maximum Gasteiger partial charge on any atom is 0.308 e. The normalized spacial score (nSPS) is 13.5. The van der Waals surface area contributed by atoms with Crippen molar-refractivity contribution in [1.82, 2.24) is 14.9 Å². The van der Waals surface area contributed by atoms with Gasteiger partial charge in [-0.05, 0) is 26.0 Å². The molecule has 0 aliphatic carbocycles. The lowest BCUT2D eigenvalue weighted by Gasteiger charge is -2.17. The first-order valence-electron chi connectivity index (χ1n) is 7.36. The molecule has 0 spiro atoms. The number of carbonyl (C=O) groups is 2. The van der Waals surface area contributed by atoms with Gasteiger partial charge in [-0.15, -0.1) is 0 Å². The number of carboxylic acid groups (broad SMARTS) is 1. The van der Waals surface area contributed by atoms with E-state index in [9.17, 15) is 14.4 Å². The molecule has 1 aromatic heterocycles. The predicted octanol–water partition coefficient (Wildman–Crippen LogP) is 1.01. The van der Waals surface area contributed by atoms with Crippen LogP contribution in [0, 0.1) is 5.92 Å². The van der Waals surface area contributed by atoms with E-state index in [2.05, 4.69) is 10.3 Å². The molecule has 1 aromatic carbocycles. The van der Waals surface area contributed by atoms with Gasteiger partial charge in [-0.1, -0.05) is 12.1 Å². The van der Waals surface area contributed by atoms with E-state index in [4.69, 9.17) is 5.11 Å². The fraction of sp³-hybridized carbons (Fsp3) is 0.375. The average molecular weight is 317 g/mol. The third-order valence-electron chi connectivity index (χ3n) is 3.84. The van der Waals surface area contributed by atoms with E-state index in [1.165, 1.54) is 17.8 Å². The van der Waals surface area contributed by atoms with Crippen LogP contribution in [0.4, 0.5) is 0 Å². The van der Waals surface area contributed by atoms with Crippen molar-refractivity contribution in [3.8, 4) is 0 Å². The highest BCUT2D eigenvalue weighted by Gasteiger charge is 2.20. The standard InChI is InChI=1S/C16H19N3O4/c1-10(16(22)23)11(2)18-14(20)7-8-19-9-17-13-6-4-3-5-12(13)15(19)21/h3-6,9-11H,7-8H2,1-2H3,(H,18,20)(H,22,23). The van der Waals surface area contributed by atoms with E-state index < -0.39 is 17.9 Å². The van der Waals surface area contributed by atoms with Crippen molar-refractivity contribution in [3.63, 3.8) is 0 Å². The second-order valence-corrected chi connectivity index (χ2v) is 5.49. The third kappa shape index (κ3) is 3.94. The van der Waals surface area contributed by atoms with Crippen LogP contribution in [0.5, 0.6) is 0 Å². The molecule has 2 aromatic rings. The van der Waals surface area contributed by atoms with Gasteiger partial charge in [0.2, 0.25) is 5.91 Å². The minimum absolute atomic E-state index is 0.0800. The number of fused-ring (bicyclic) bond motifs is 1. The molecule has 0 fully saturated rings. The number of carbonyl (C=O) groups excluding carboxylic acids is 1. The summed E-state index contributed by atoms with van der Waals surface area (Å²) in [6.07, 6.45) is 1.50. The number of benzene rings is 1. The molecule has 2 unspecified atom stereocenters. The first-order chi connectivity index (χ1) is 10.9. The van der Waals surface area contributed by atoms with Gasteiger partial charge in [0.05, 0.1) is 23.1 Å². The Bertz CT molecular complexity index is 784. The molecule has 0 bridgehead atoms. The minimum Gasteiger partial charge on any atom is -0.481 e. The van der Waals surface area contributed by atoms with Crippen molar-refractivity contribution in [1.29, 1.82) is 0 Å². The number of rotatable bonds is 6. The molecule has 23 heavy (non-hydrogen) atoms. The van der Waals surface area contributed by atoms with Crippen LogP contribution in [0.3, 0.4) is 0 Å². The SMILES string of the molecule is CC(NC(=O)CCn1cnc2ccccc2c1=O)C(C)C(=O)O. The summed E-state index contributed by atoms with van der Waals surface area (Å²) in [5, 5.41) is 12.0. The Balaban J connectivity index is 2.01. The van der Waals surface area contributed by atoms with Gasteiger partial charge in [0.15, 0.2) is 0 Å². The number of nitrogens with one attached hydrogen (secondary N) is 1. The number of aromatic nitrogens is 2. The molecule has 2 atom stereocenters. The number of amides is 1. The van der Waals surface area contributed by atoms with Crippen LogP contribution in [0.2, 0.25) is 0 Å². The summed E-state index contributed by atoms with van der Waals surface area (Å²) in [7, 11) is 0. The first kappa shape index (κ1) is 16.7. The summed E-state index contributed by atoms with van der Waals surface area (Å²) < 4.78 is 1.38.